The SMILES string of the molecule is Cc1nn(-c2ccc(NC(=O)Cc3cc(C(=N)N)ccc3O)cc2)c2c1CCC2.Cl. The number of hydrogen-bond acceptors (Lipinski definition) is 4. The van der Waals surface area contributed by atoms with Crippen molar-refractivity contribution in [3.8, 4) is 11.4 Å². The number of rotatable bonds is 5. The summed E-state index contributed by atoms with van der Waals surface area (Å²) in [7, 11) is 0. The fourth-order valence-electron chi connectivity index (χ4n) is 3.79. The average molecular weight is 426 g/mol. The smallest absolute Gasteiger partial charge is 0.228 e. The van der Waals surface area contributed by atoms with E-state index in [1.807, 2.05) is 35.9 Å². The summed E-state index contributed by atoms with van der Waals surface area (Å²) in [4.78, 5) is 12.4. The number of phenols is 1. The fraction of sp³-hybridized carbons (Fsp3) is 0.227. The Morgan fingerprint density at radius 2 is 1.97 bits per heavy atom. The van der Waals surface area contributed by atoms with Crippen molar-refractivity contribution in [2.75, 3.05) is 5.32 Å². The number of nitrogen functional groups attached to an aromatic ring is 1. The maximum absolute atomic E-state index is 12.4. The van der Waals surface area contributed by atoms with Crippen LogP contribution in [0.4, 0.5) is 5.69 Å². The Morgan fingerprint density at radius 1 is 1.23 bits per heavy atom. The van der Waals surface area contributed by atoms with E-state index in [1.165, 1.54) is 23.7 Å². The molecule has 156 valence electrons. The summed E-state index contributed by atoms with van der Waals surface area (Å²) < 4.78 is 1.99. The number of fused-ring (bicyclic) bond motifs is 1. The molecule has 0 aliphatic heterocycles. The van der Waals surface area contributed by atoms with Gasteiger partial charge in [-0.1, -0.05) is 0 Å². The Bertz CT molecular complexity index is 1110. The van der Waals surface area contributed by atoms with Crippen LogP contribution in [-0.4, -0.2) is 26.6 Å². The Hall–Kier alpha value is -3.32. The standard InChI is InChI=1S/C22H23N5O2.ClH/c1-13-18-3-2-4-19(18)27(26-13)17-8-6-16(7-9-17)25-21(29)12-15-11-14(22(23)24)5-10-20(15)28;/h5-11,28H,2-4,12H2,1H3,(H3,23,24)(H,25,29);1H. The summed E-state index contributed by atoms with van der Waals surface area (Å²) in [6.45, 7) is 2.05. The second-order valence-corrected chi connectivity index (χ2v) is 7.31. The van der Waals surface area contributed by atoms with Crippen molar-refractivity contribution in [3.05, 3.63) is 70.5 Å². The number of amides is 1. The molecule has 1 aromatic heterocycles. The van der Waals surface area contributed by atoms with Crippen molar-refractivity contribution in [2.45, 2.75) is 32.6 Å². The van der Waals surface area contributed by atoms with Gasteiger partial charge in [-0.05, 0) is 74.2 Å². The highest BCUT2D eigenvalue weighted by Gasteiger charge is 2.20. The molecule has 30 heavy (non-hydrogen) atoms. The van der Waals surface area contributed by atoms with Crippen molar-refractivity contribution in [1.82, 2.24) is 9.78 Å². The number of phenolic OH excluding ortho intramolecular Hbond substituents is 1. The minimum absolute atomic E-state index is 0. The van der Waals surface area contributed by atoms with Crippen LogP contribution >= 0.6 is 12.4 Å². The zero-order valence-electron chi connectivity index (χ0n) is 16.6. The van der Waals surface area contributed by atoms with E-state index < -0.39 is 0 Å². The number of aryl methyl sites for hydroxylation is 1. The minimum Gasteiger partial charge on any atom is -0.508 e. The van der Waals surface area contributed by atoms with E-state index in [4.69, 9.17) is 11.1 Å². The van der Waals surface area contributed by atoms with Crippen LogP contribution in [0.3, 0.4) is 0 Å². The van der Waals surface area contributed by atoms with Crippen LogP contribution in [0.25, 0.3) is 5.69 Å². The maximum Gasteiger partial charge on any atom is 0.228 e. The molecule has 0 atom stereocenters. The summed E-state index contributed by atoms with van der Waals surface area (Å²) in [5.41, 5.74) is 11.7. The van der Waals surface area contributed by atoms with Gasteiger partial charge in [-0.25, -0.2) is 4.68 Å². The molecule has 0 saturated heterocycles. The van der Waals surface area contributed by atoms with E-state index >= 15 is 0 Å². The molecular weight excluding hydrogens is 402 g/mol. The van der Waals surface area contributed by atoms with Crippen LogP contribution in [0.15, 0.2) is 42.5 Å². The number of nitrogens with two attached hydrogens (primary N) is 1. The Morgan fingerprint density at radius 3 is 2.67 bits per heavy atom. The van der Waals surface area contributed by atoms with Crippen LogP contribution in [0.2, 0.25) is 0 Å². The van der Waals surface area contributed by atoms with Crippen molar-refractivity contribution in [2.24, 2.45) is 5.73 Å². The topological polar surface area (TPSA) is 117 Å². The molecule has 0 spiro atoms. The molecule has 2 aromatic carbocycles. The molecule has 1 heterocycles. The van der Waals surface area contributed by atoms with E-state index in [0.717, 1.165) is 24.2 Å². The average Bonchev–Trinajstić information content (AvgIpc) is 3.28. The van der Waals surface area contributed by atoms with Gasteiger partial charge in [0.05, 0.1) is 17.8 Å². The quantitative estimate of drug-likeness (QED) is 0.370. The molecule has 0 radical (unpaired) electrons. The highest BCUT2D eigenvalue weighted by molar-refractivity contribution is 5.96. The van der Waals surface area contributed by atoms with Gasteiger partial charge in [-0.2, -0.15) is 5.10 Å². The highest BCUT2D eigenvalue weighted by Crippen LogP contribution is 2.27. The molecule has 1 amide bonds. The van der Waals surface area contributed by atoms with Crippen molar-refractivity contribution in [1.29, 1.82) is 5.41 Å². The number of halogens is 1. The number of aromatic hydroxyl groups is 1. The lowest BCUT2D eigenvalue weighted by molar-refractivity contribution is -0.115. The molecule has 0 bridgehead atoms. The summed E-state index contributed by atoms with van der Waals surface area (Å²) in [6.07, 6.45) is 3.28. The third kappa shape index (κ3) is 4.16. The number of carbonyl (C=O) groups is 1. The number of anilines is 1. The third-order valence-electron chi connectivity index (χ3n) is 5.27. The number of aromatic nitrogens is 2. The van der Waals surface area contributed by atoms with E-state index in [-0.39, 0.29) is 36.3 Å². The van der Waals surface area contributed by atoms with Gasteiger partial charge < -0.3 is 16.2 Å². The van der Waals surface area contributed by atoms with Gasteiger partial charge in [-0.15, -0.1) is 12.4 Å². The predicted molar refractivity (Wildman–Crippen MR) is 119 cm³/mol. The molecule has 0 saturated carbocycles. The summed E-state index contributed by atoms with van der Waals surface area (Å²) >= 11 is 0. The summed E-state index contributed by atoms with van der Waals surface area (Å²) in [5, 5.41) is 25.0. The molecule has 1 aliphatic carbocycles. The zero-order valence-corrected chi connectivity index (χ0v) is 17.4. The van der Waals surface area contributed by atoms with E-state index in [2.05, 4.69) is 10.4 Å². The first-order valence-electron chi connectivity index (χ1n) is 9.56. The normalized spacial score (nSPS) is 12.2. The second kappa shape index (κ2) is 8.59. The Balaban J connectivity index is 0.00000256. The maximum atomic E-state index is 12.4. The molecule has 7 nitrogen and oxygen atoms in total. The van der Waals surface area contributed by atoms with Gasteiger partial charge in [-0.3, -0.25) is 10.2 Å². The third-order valence-corrected chi connectivity index (χ3v) is 5.27. The van der Waals surface area contributed by atoms with Crippen LogP contribution in [0.1, 0.15) is 34.5 Å². The molecule has 0 fully saturated rings. The Labute approximate surface area is 180 Å². The molecule has 0 unspecified atom stereocenters. The largest absolute Gasteiger partial charge is 0.508 e. The van der Waals surface area contributed by atoms with E-state index in [0.29, 0.717) is 16.8 Å². The summed E-state index contributed by atoms with van der Waals surface area (Å²) in [5.74, 6) is -0.365. The van der Waals surface area contributed by atoms with Gasteiger partial charge in [0.2, 0.25) is 5.91 Å². The first kappa shape index (κ1) is 21.4. The van der Waals surface area contributed by atoms with Crippen LogP contribution in [0, 0.1) is 12.3 Å². The van der Waals surface area contributed by atoms with Gasteiger partial charge in [0.25, 0.3) is 0 Å². The number of benzene rings is 2. The molecule has 4 rings (SSSR count). The number of carbonyl (C=O) groups excluding carboxylic acids is 1. The number of nitrogens with zero attached hydrogens (tertiary/aromatic N) is 2. The first-order chi connectivity index (χ1) is 13.9. The van der Waals surface area contributed by atoms with Crippen molar-refractivity contribution in [3.63, 3.8) is 0 Å². The molecule has 1 aliphatic rings. The lowest BCUT2D eigenvalue weighted by atomic mass is 10.1. The lowest BCUT2D eigenvalue weighted by Gasteiger charge is -2.10. The number of amidine groups is 1. The zero-order chi connectivity index (χ0) is 20.5. The molecule has 5 N–H and O–H groups in total. The van der Waals surface area contributed by atoms with Crippen molar-refractivity contribution < 1.29 is 9.90 Å². The minimum atomic E-state index is -0.260. The predicted octanol–water partition coefficient (Wildman–Crippen LogP) is 3.26. The van der Waals surface area contributed by atoms with Gasteiger partial charge >= 0.3 is 0 Å². The molecule has 8 heteroatoms. The summed E-state index contributed by atoms with van der Waals surface area (Å²) in [6, 6.07) is 12.1. The van der Waals surface area contributed by atoms with Crippen LogP contribution in [-0.2, 0) is 24.1 Å². The molecular formula is C22H24ClN5O2. The van der Waals surface area contributed by atoms with Gasteiger partial charge in [0, 0.05) is 22.5 Å². The van der Waals surface area contributed by atoms with Gasteiger partial charge in [0.15, 0.2) is 0 Å². The van der Waals surface area contributed by atoms with Crippen LogP contribution in [0.5, 0.6) is 5.75 Å². The van der Waals surface area contributed by atoms with Gasteiger partial charge in [0.1, 0.15) is 11.6 Å². The second-order valence-electron chi connectivity index (χ2n) is 7.31. The van der Waals surface area contributed by atoms with Crippen molar-refractivity contribution >= 4 is 29.8 Å². The lowest BCUT2D eigenvalue weighted by Crippen LogP contribution is -2.16. The fourth-order valence-corrected chi connectivity index (χ4v) is 3.79. The van der Waals surface area contributed by atoms with E-state index in [1.54, 1.807) is 12.1 Å². The first-order valence-corrected chi connectivity index (χ1v) is 9.56. The van der Waals surface area contributed by atoms with E-state index in [9.17, 15) is 9.90 Å². The molecule has 3 aromatic rings. The Kier molecular flexibility index (Phi) is 6.12. The number of nitrogens with one attached hydrogen (secondary N) is 2. The highest BCUT2D eigenvalue weighted by atomic mass is 35.5. The van der Waals surface area contributed by atoms with Crippen LogP contribution < -0.4 is 11.1 Å². The number of hydrogen-bond donors (Lipinski definition) is 4. The monoisotopic (exact) mass is 425 g/mol.